The van der Waals surface area contributed by atoms with Gasteiger partial charge in [-0.3, -0.25) is 0 Å². The second kappa shape index (κ2) is 8.65. The topological polar surface area (TPSA) is 35.0 Å². The molecule has 0 saturated heterocycles. The van der Waals surface area contributed by atoms with Gasteiger partial charge in [0, 0.05) is 10.4 Å². The van der Waals surface area contributed by atoms with E-state index in [2.05, 4.69) is 30.7 Å². The predicted molar refractivity (Wildman–Crippen MR) is 124 cm³/mol. The van der Waals surface area contributed by atoms with Gasteiger partial charge in [0.1, 0.15) is 17.3 Å². The Morgan fingerprint density at radius 2 is 1.75 bits per heavy atom. The first kappa shape index (κ1) is 23.6. The van der Waals surface area contributed by atoms with Gasteiger partial charge >= 0.3 is 6.18 Å². The van der Waals surface area contributed by atoms with Crippen LogP contribution >= 0.6 is 34.5 Å². The minimum Gasteiger partial charge on any atom is -0.473 e. The standard InChI is InChI=1S/C23H23Cl2F3N2OS/c1-22(2,3)19-17(12-8-9-14(24)15(25)10-12)18-20(29-11-30-21(18)32-19)31-16-7-5-4-6-13(16)23(26,27)28/h8-11,13,16H,4-7H2,1-3H3. The molecule has 0 aliphatic heterocycles. The largest absolute Gasteiger partial charge is 0.473 e. The first-order valence-corrected chi connectivity index (χ1v) is 12.0. The molecule has 172 valence electrons. The van der Waals surface area contributed by atoms with Crippen molar-refractivity contribution in [2.75, 3.05) is 0 Å². The van der Waals surface area contributed by atoms with Gasteiger partial charge in [0.2, 0.25) is 5.88 Å². The Kier molecular flexibility index (Phi) is 6.38. The monoisotopic (exact) mass is 502 g/mol. The Labute approximate surface area is 198 Å². The predicted octanol–water partition coefficient (Wildman–Crippen LogP) is 8.46. The van der Waals surface area contributed by atoms with E-state index in [-0.39, 0.29) is 17.7 Å². The van der Waals surface area contributed by atoms with Crippen LogP contribution in [0.2, 0.25) is 10.0 Å². The van der Waals surface area contributed by atoms with E-state index in [4.69, 9.17) is 27.9 Å². The molecule has 2 unspecified atom stereocenters. The quantitative estimate of drug-likeness (QED) is 0.360. The van der Waals surface area contributed by atoms with Gasteiger partial charge in [0.15, 0.2) is 0 Å². The van der Waals surface area contributed by atoms with E-state index in [1.165, 1.54) is 17.7 Å². The summed E-state index contributed by atoms with van der Waals surface area (Å²) in [7, 11) is 0. The Bertz CT molecular complexity index is 1140. The van der Waals surface area contributed by atoms with Crippen molar-refractivity contribution in [3.8, 4) is 17.0 Å². The highest BCUT2D eigenvalue weighted by molar-refractivity contribution is 7.19. The van der Waals surface area contributed by atoms with Crippen LogP contribution in [-0.4, -0.2) is 22.2 Å². The molecule has 2 atom stereocenters. The van der Waals surface area contributed by atoms with Crippen molar-refractivity contribution in [1.29, 1.82) is 0 Å². The van der Waals surface area contributed by atoms with Crippen molar-refractivity contribution in [2.45, 2.75) is 64.1 Å². The lowest BCUT2D eigenvalue weighted by Crippen LogP contribution is -2.40. The first-order chi connectivity index (χ1) is 15.0. The van der Waals surface area contributed by atoms with Crippen molar-refractivity contribution in [1.82, 2.24) is 9.97 Å². The third-order valence-corrected chi connectivity index (χ3v) is 7.99. The summed E-state index contributed by atoms with van der Waals surface area (Å²) in [6, 6.07) is 5.32. The second-order valence-corrected chi connectivity index (χ2v) is 10.9. The SMILES string of the molecule is CC(C)(C)c1sc2ncnc(OC3CCCCC3C(F)(F)F)c2c1-c1ccc(Cl)c(Cl)c1. The minimum absolute atomic E-state index is 0.0684. The lowest BCUT2D eigenvalue weighted by molar-refractivity contribution is -0.204. The van der Waals surface area contributed by atoms with Gasteiger partial charge in [-0.25, -0.2) is 9.97 Å². The summed E-state index contributed by atoms with van der Waals surface area (Å²) in [5.41, 5.74) is 1.38. The number of halogens is 5. The highest BCUT2D eigenvalue weighted by atomic mass is 35.5. The lowest BCUT2D eigenvalue weighted by atomic mass is 9.86. The number of nitrogens with zero attached hydrogens (tertiary/aromatic N) is 2. The molecule has 1 fully saturated rings. The maximum atomic E-state index is 13.7. The molecule has 1 aliphatic rings. The van der Waals surface area contributed by atoms with Gasteiger partial charge in [0.25, 0.3) is 0 Å². The van der Waals surface area contributed by atoms with Crippen molar-refractivity contribution in [2.24, 2.45) is 5.92 Å². The summed E-state index contributed by atoms with van der Waals surface area (Å²) < 4.78 is 47.0. The highest BCUT2D eigenvalue weighted by Gasteiger charge is 2.47. The van der Waals surface area contributed by atoms with Crippen molar-refractivity contribution in [3.05, 3.63) is 39.4 Å². The molecule has 0 radical (unpaired) electrons. The number of fused-ring (bicyclic) bond motifs is 1. The molecule has 1 aromatic carbocycles. The molecule has 0 spiro atoms. The van der Waals surface area contributed by atoms with Gasteiger partial charge in [-0.2, -0.15) is 13.2 Å². The molecule has 0 amide bonds. The summed E-state index contributed by atoms with van der Waals surface area (Å²) in [6.45, 7) is 6.23. The van der Waals surface area contributed by atoms with Crippen LogP contribution in [0.25, 0.3) is 21.3 Å². The van der Waals surface area contributed by atoms with Crippen LogP contribution < -0.4 is 4.74 Å². The van der Waals surface area contributed by atoms with Crippen molar-refractivity contribution >= 4 is 44.8 Å². The van der Waals surface area contributed by atoms with E-state index in [0.717, 1.165) is 16.0 Å². The Balaban J connectivity index is 1.89. The fraction of sp³-hybridized carbons (Fsp3) is 0.478. The average molecular weight is 503 g/mol. The number of rotatable bonds is 3. The summed E-state index contributed by atoms with van der Waals surface area (Å²) in [4.78, 5) is 10.4. The van der Waals surface area contributed by atoms with E-state index < -0.39 is 18.2 Å². The van der Waals surface area contributed by atoms with Gasteiger partial charge in [0.05, 0.1) is 21.3 Å². The fourth-order valence-electron chi connectivity index (χ4n) is 4.21. The number of hydrogen-bond donors (Lipinski definition) is 0. The molecular formula is C23H23Cl2F3N2OS. The molecule has 0 bridgehead atoms. The molecule has 4 rings (SSSR count). The summed E-state index contributed by atoms with van der Waals surface area (Å²) in [6.07, 6.45) is -2.28. The molecule has 1 saturated carbocycles. The van der Waals surface area contributed by atoms with Crippen LogP contribution in [0, 0.1) is 5.92 Å². The normalized spacial score (nSPS) is 20.0. The number of alkyl halides is 3. The van der Waals surface area contributed by atoms with Gasteiger partial charge in [-0.15, -0.1) is 11.3 Å². The van der Waals surface area contributed by atoms with E-state index >= 15 is 0 Å². The lowest BCUT2D eigenvalue weighted by Gasteiger charge is -2.32. The van der Waals surface area contributed by atoms with E-state index in [1.54, 1.807) is 12.1 Å². The van der Waals surface area contributed by atoms with Crippen LogP contribution in [0.3, 0.4) is 0 Å². The third-order valence-electron chi connectivity index (χ3n) is 5.73. The maximum absolute atomic E-state index is 13.7. The third kappa shape index (κ3) is 4.57. The number of ether oxygens (including phenoxy) is 1. The second-order valence-electron chi connectivity index (χ2n) is 9.13. The Morgan fingerprint density at radius 1 is 1.03 bits per heavy atom. The van der Waals surface area contributed by atoms with E-state index in [9.17, 15) is 13.2 Å². The molecule has 2 aromatic heterocycles. The summed E-state index contributed by atoms with van der Waals surface area (Å²) >= 11 is 13.9. The molecule has 2 heterocycles. The number of aromatic nitrogens is 2. The highest BCUT2D eigenvalue weighted by Crippen LogP contribution is 2.48. The molecular weight excluding hydrogens is 480 g/mol. The molecule has 32 heavy (non-hydrogen) atoms. The molecule has 1 aliphatic carbocycles. The Morgan fingerprint density at radius 3 is 2.41 bits per heavy atom. The zero-order chi connectivity index (χ0) is 23.3. The zero-order valence-electron chi connectivity index (χ0n) is 17.9. The van der Waals surface area contributed by atoms with Crippen LogP contribution in [0.1, 0.15) is 51.3 Å². The first-order valence-electron chi connectivity index (χ1n) is 10.4. The van der Waals surface area contributed by atoms with E-state index in [0.29, 0.717) is 39.5 Å². The number of thiophene rings is 1. The van der Waals surface area contributed by atoms with Crippen LogP contribution in [0.15, 0.2) is 24.5 Å². The molecule has 3 aromatic rings. The Hall–Kier alpha value is -1.57. The van der Waals surface area contributed by atoms with Crippen molar-refractivity contribution in [3.63, 3.8) is 0 Å². The number of benzene rings is 1. The smallest absolute Gasteiger partial charge is 0.395 e. The van der Waals surface area contributed by atoms with Gasteiger partial charge in [-0.05, 0) is 42.4 Å². The summed E-state index contributed by atoms with van der Waals surface area (Å²) in [5.74, 6) is -1.32. The van der Waals surface area contributed by atoms with Gasteiger partial charge < -0.3 is 4.74 Å². The van der Waals surface area contributed by atoms with Crippen LogP contribution in [0.5, 0.6) is 5.88 Å². The molecule has 9 heteroatoms. The summed E-state index contributed by atoms with van der Waals surface area (Å²) in [5, 5.41) is 1.44. The van der Waals surface area contributed by atoms with Crippen LogP contribution in [-0.2, 0) is 5.41 Å². The zero-order valence-corrected chi connectivity index (χ0v) is 20.2. The van der Waals surface area contributed by atoms with Gasteiger partial charge in [-0.1, -0.05) is 56.5 Å². The fourth-order valence-corrected chi connectivity index (χ4v) is 5.72. The molecule has 3 nitrogen and oxygen atoms in total. The molecule has 0 N–H and O–H groups in total. The van der Waals surface area contributed by atoms with Crippen LogP contribution in [0.4, 0.5) is 13.2 Å². The minimum atomic E-state index is -4.31. The van der Waals surface area contributed by atoms with E-state index in [1.807, 2.05) is 6.07 Å². The van der Waals surface area contributed by atoms with Crippen molar-refractivity contribution < 1.29 is 17.9 Å². The maximum Gasteiger partial charge on any atom is 0.395 e. The number of hydrogen-bond acceptors (Lipinski definition) is 4. The average Bonchev–Trinajstić information content (AvgIpc) is 3.11.